The van der Waals surface area contributed by atoms with Gasteiger partial charge in [-0.3, -0.25) is 10.1 Å². The van der Waals surface area contributed by atoms with E-state index in [1.165, 1.54) is 6.07 Å². The minimum Gasteiger partial charge on any atom is -0.412 e. The Morgan fingerprint density at radius 3 is 2.27 bits per heavy atom. The zero-order valence-electron chi connectivity index (χ0n) is 6.07. The molecule has 0 heterocycles. The van der Waals surface area contributed by atoms with E-state index in [4.69, 9.17) is 0 Å². The van der Waals surface area contributed by atoms with Crippen LogP contribution in [-0.2, 0) is 0 Å². The summed E-state index contributed by atoms with van der Waals surface area (Å²) in [6.45, 7) is 1.72. The molecular formula is C7H9NO3. The van der Waals surface area contributed by atoms with Crippen LogP contribution in [0.15, 0.2) is 24.3 Å². The minimum atomic E-state index is -0.380. The summed E-state index contributed by atoms with van der Waals surface area (Å²) in [7, 11) is 0. The average molecular weight is 155 g/mol. The third kappa shape index (κ3) is 2.01. The first kappa shape index (κ1) is 9.58. The first-order valence-corrected chi connectivity index (χ1v) is 2.92. The third-order valence-corrected chi connectivity index (χ3v) is 1.31. The van der Waals surface area contributed by atoms with Crippen molar-refractivity contribution in [2.45, 2.75) is 6.92 Å². The Hall–Kier alpha value is -1.42. The molecule has 0 saturated carbocycles. The van der Waals surface area contributed by atoms with Gasteiger partial charge in [0.25, 0.3) is 5.69 Å². The summed E-state index contributed by atoms with van der Waals surface area (Å²) in [5, 5.41) is 10.2. The molecule has 60 valence electrons. The van der Waals surface area contributed by atoms with Crippen molar-refractivity contribution in [3.05, 3.63) is 39.9 Å². The van der Waals surface area contributed by atoms with Crippen molar-refractivity contribution in [2.75, 3.05) is 0 Å². The van der Waals surface area contributed by atoms with E-state index in [1.54, 1.807) is 25.1 Å². The van der Waals surface area contributed by atoms with Crippen LogP contribution in [-0.4, -0.2) is 10.4 Å². The van der Waals surface area contributed by atoms with Crippen LogP contribution in [0.5, 0.6) is 0 Å². The lowest BCUT2D eigenvalue weighted by atomic mass is 10.2. The molecule has 0 spiro atoms. The van der Waals surface area contributed by atoms with E-state index in [0.29, 0.717) is 5.56 Å². The highest BCUT2D eigenvalue weighted by Gasteiger charge is 2.05. The Bertz CT molecular complexity index is 260. The Kier molecular flexibility index (Phi) is 3.20. The van der Waals surface area contributed by atoms with E-state index in [1.807, 2.05) is 0 Å². The quantitative estimate of drug-likeness (QED) is 0.449. The summed E-state index contributed by atoms with van der Waals surface area (Å²) in [5.41, 5.74) is 0.884. The van der Waals surface area contributed by atoms with Gasteiger partial charge in [-0.05, 0) is 6.92 Å². The van der Waals surface area contributed by atoms with Crippen molar-refractivity contribution in [3.8, 4) is 0 Å². The number of hydrogen-bond acceptors (Lipinski definition) is 2. The number of nitrogens with zero attached hydrogens (tertiary/aromatic N) is 1. The maximum Gasteiger partial charge on any atom is 0.272 e. The standard InChI is InChI=1S/C7H7NO2.H2O/c1-6-4-2-3-5-7(6)8(9)10;/h2-5H,1H3;1H2. The highest BCUT2D eigenvalue weighted by atomic mass is 16.6. The van der Waals surface area contributed by atoms with Gasteiger partial charge >= 0.3 is 0 Å². The maximum atomic E-state index is 10.2. The predicted octanol–water partition coefficient (Wildman–Crippen LogP) is 1.08. The summed E-state index contributed by atoms with van der Waals surface area (Å²) < 4.78 is 0. The molecule has 0 aliphatic carbocycles. The van der Waals surface area contributed by atoms with E-state index in [0.717, 1.165) is 0 Å². The maximum absolute atomic E-state index is 10.2. The zero-order valence-corrected chi connectivity index (χ0v) is 6.07. The molecule has 0 fully saturated rings. The molecule has 1 aromatic rings. The van der Waals surface area contributed by atoms with E-state index >= 15 is 0 Å². The van der Waals surface area contributed by atoms with Crippen LogP contribution in [0.25, 0.3) is 0 Å². The second-order valence-corrected chi connectivity index (χ2v) is 2.04. The van der Waals surface area contributed by atoms with Crippen LogP contribution in [0.4, 0.5) is 5.69 Å². The molecule has 11 heavy (non-hydrogen) atoms. The van der Waals surface area contributed by atoms with Crippen LogP contribution in [0, 0.1) is 17.0 Å². The molecule has 1 rings (SSSR count). The van der Waals surface area contributed by atoms with Crippen molar-refractivity contribution >= 4 is 5.69 Å². The number of nitro groups is 1. The van der Waals surface area contributed by atoms with Crippen LogP contribution in [0.2, 0.25) is 0 Å². The van der Waals surface area contributed by atoms with Crippen molar-refractivity contribution in [2.24, 2.45) is 0 Å². The molecule has 0 bridgehead atoms. The second-order valence-electron chi connectivity index (χ2n) is 2.04. The molecule has 0 aliphatic rings. The van der Waals surface area contributed by atoms with Crippen molar-refractivity contribution < 1.29 is 10.4 Å². The number of para-hydroxylation sites is 1. The van der Waals surface area contributed by atoms with Crippen LogP contribution in [0.1, 0.15) is 5.56 Å². The number of aryl methyl sites for hydroxylation is 1. The molecule has 0 radical (unpaired) electrons. The third-order valence-electron chi connectivity index (χ3n) is 1.31. The SMILES string of the molecule is Cc1ccccc1[N+](=O)[O-].O. The lowest BCUT2D eigenvalue weighted by molar-refractivity contribution is -0.385. The average Bonchev–Trinajstić information content (AvgIpc) is 1.88. The highest BCUT2D eigenvalue weighted by Crippen LogP contribution is 2.14. The van der Waals surface area contributed by atoms with Gasteiger partial charge in [0.1, 0.15) is 0 Å². The van der Waals surface area contributed by atoms with Gasteiger partial charge < -0.3 is 5.48 Å². The molecular weight excluding hydrogens is 146 g/mol. The van der Waals surface area contributed by atoms with Crippen molar-refractivity contribution in [1.29, 1.82) is 0 Å². The van der Waals surface area contributed by atoms with Crippen molar-refractivity contribution in [3.63, 3.8) is 0 Å². The van der Waals surface area contributed by atoms with Crippen LogP contribution >= 0.6 is 0 Å². The molecule has 0 saturated heterocycles. The summed E-state index contributed by atoms with van der Waals surface area (Å²) in [4.78, 5) is 9.85. The van der Waals surface area contributed by atoms with E-state index in [-0.39, 0.29) is 16.1 Å². The molecule has 1 aromatic carbocycles. The monoisotopic (exact) mass is 155 g/mol. The Morgan fingerprint density at radius 2 is 1.91 bits per heavy atom. The van der Waals surface area contributed by atoms with Gasteiger partial charge in [0.2, 0.25) is 0 Å². The fraction of sp³-hybridized carbons (Fsp3) is 0.143. The molecule has 4 nitrogen and oxygen atoms in total. The molecule has 0 aromatic heterocycles. The van der Waals surface area contributed by atoms with Crippen LogP contribution in [0.3, 0.4) is 0 Å². The number of nitro benzene ring substituents is 1. The van der Waals surface area contributed by atoms with Gasteiger partial charge in [-0.2, -0.15) is 0 Å². The summed E-state index contributed by atoms with van der Waals surface area (Å²) >= 11 is 0. The Labute approximate surface area is 63.9 Å². The van der Waals surface area contributed by atoms with Crippen LogP contribution < -0.4 is 0 Å². The lowest BCUT2D eigenvalue weighted by Crippen LogP contribution is -1.89. The normalized spacial score (nSPS) is 8.45. The number of benzene rings is 1. The van der Waals surface area contributed by atoms with Gasteiger partial charge in [-0.15, -0.1) is 0 Å². The first-order valence-electron chi connectivity index (χ1n) is 2.92. The topological polar surface area (TPSA) is 74.6 Å². The Morgan fingerprint density at radius 1 is 1.36 bits per heavy atom. The van der Waals surface area contributed by atoms with Gasteiger partial charge in [0.15, 0.2) is 0 Å². The first-order chi connectivity index (χ1) is 4.72. The molecule has 0 aliphatic heterocycles. The highest BCUT2D eigenvalue weighted by molar-refractivity contribution is 5.38. The lowest BCUT2D eigenvalue weighted by Gasteiger charge is -1.92. The molecule has 4 heteroatoms. The second kappa shape index (κ2) is 3.68. The van der Waals surface area contributed by atoms with Gasteiger partial charge in [-0.1, -0.05) is 18.2 Å². The summed E-state index contributed by atoms with van der Waals surface area (Å²) in [6.07, 6.45) is 0. The van der Waals surface area contributed by atoms with E-state index in [9.17, 15) is 10.1 Å². The van der Waals surface area contributed by atoms with Crippen molar-refractivity contribution in [1.82, 2.24) is 0 Å². The number of rotatable bonds is 1. The largest absolute Gasteiger partial charge is 0.412 e. The fourth-order valence-electron chi connectivity index (χ4n) is 0.768. The summed E-state index contributed by atoms with van der Waals surface area (Å²) in [5.74, 6) is 0. The summed E-state index contributed by atoms with van der Waals surface area (Å²) in [6, 6.07) is 6.65. The smallest absolute Gasteiger partial charge is 0.272 e. The predicted molar refractivity (Wildman–Crippen MR) is 41.4 cm³/mol. The van der Waals surface area contributed by atoms with Gasteiger partial charge in [0.05, 0.1) is 4.92 Å². The number of hydrogen-bond donors (Lipinski definition) is 0. The molecule has 0 unspecified atom stereocenters. The van der Waals surface area contributed by atoms with Gasteiger partial charge in [-0.25, -0.2) is 0 Å². The molecule has 0 atom stereocenters. The fourth-order valence-corrected chi connectivity index (χ4v) is 0.768. The molecule has 2 N–H and O–H groups in total. The minimum absolute atomic E-state index is 0. The zero-order chi connectivity index (χ0) is 7.56. The van der Waals surface area contributed by atoms with E-state index in [2.05, 4.69) is 0 Å². The Balaban J connectivity index is 0.000001000. The van der Waals surface area contributed by atoms with E-state index < -0.39 is 0 Å². The van der Waals surface area contributed by atoms with Gasteiger partial charge in [0, 0.05) is 11.6 Å². The molecule has 0 amide bonds.